The first kappa shape index (κ1) is 13.1. The average Bonchev–Trinajstić information content (AvgIpc) is 2.28. The van der Waals surface area contributed by atoms with Crippen molar-refractivity contribution in [2.75, 3.05) is 18.9 Å². The fraction of sp³-hybridized carbons (Fsp3) is 0.583. The Balaban J connectivity index is 2.24. The van der Waals surface area contributed by atoms with Crippen LogP contribution in [0.2, 0.25) is 0 Å². The van der Waals surface area contributed by atoms with E-state index in [4.69, 9.17) is 10.5 Å². The Hall–Kier alpha value is -1.30. The zero-order valence-electron chi connectivity index (χ0n) is 9.83. The minimum absolute atomic E-state index is 0.224. The number of rotatable bonds is 2. The zero-order chi connectivity index (χ0) is 13.2. The van der Waals surface area contributed by atoms with Gasteiger partial charge in [0.2, 0.25) is 0 Å². The maximum absolute atomic E-state index is 12.9. The van der Waals surface area contributed by atoms with Gasteiger partial charge in [0, 0.05) is 19.4 Å². The molecule has 0 atom stereocenters. The number of aromatic nitrogens is 1. The molecule has 0 spiro atoms. The number of hydrogen-bond acceptors (Lipinski definition) is 3. The summed E-state index contributed by atoms with van der Waals surface area (Å²) >= 11 is 0. The van der Waals surface area contributed by atoms with E-state index in [2.05, 4.69) is 4.98 Å². The van der Waals surface area contributed by atoms with Crippen LogP contribution in [0, 0.1) is 5.92 Å². The maximum atomic E-state index is 12.9. The second-order valence-electron chi connectivity index (χ2n) is 4.49. The summed E-state index contributed by atoms with van der Waals surface area (Å²) in [5.74, 6) is -0.214. The number of nitrogen functional groups attached to an aromatic ring is 1. The van der Waals surface area contributed by atoms with E-state index in [1.807, 2.05) is 0 Å². The quantitative estimate of drug-likeness (QED) is 0.889. The first-order valence-electron chi connectivity index (χ1n) is 5.87. The lowest BCUT2D eigenvalue weighted by Crippen LogP contribution is -2.20. The van der Waals surface area contributed by atoms with Gasteiger partial charge in [-0.15, -0.1) is 0 Å². The van der Waals surface area contributed by atoms with Gasteiger partial charge in [-0.25, -0.2) is 4.98 Å². The molecule has 1 aromatic rings. The van der Waals surface area contributed by atoms with Crippen LogP contribution < -0.4 is 5.73 Å². The first-order valence-corrected chi connectivity index (χ1v) is 5.87. The Morgan fingerprint density at radius 1 is 1.33 bits per heavy atom. The molecule has 1 aromatic heterocycles. The Morgan fingerprint density at radius 2 is 2.00 bits per heavy atom. The molecule has 0 bridgehead atoms. The topological polar surface area (TPSA) is 48.1 Å². The van der Waals surface area contributed by atoms with Crippen LogP contribution in [0.3, 0.4) is 0 Å². The molecule has 2 N–H and O–H groups in total. The van der Waals surface area contributed by atoms with Crippen LogP contribution in [0.5, 0.6) is 0 Å². The molecule has 6 heteroatoms. The summed E-state index contributed by atoms with van der Waals surface area (Å²) in [6.45, 7) is 1.24. The molecule has 1 aliphatic rings. The van der Waals surface area contributed by atoms with Gasteiger partial charge in [0.05, 0.1) is 0 Å². The summed E-state index contributed by atoms with van der Waals surface area (Å²) in [6, 6.07) is 1.41. The lowest BCUT2D eigenvalue weighted by Gasteiger charge is -2.23. The third kappa shape index (κ3) is 2.93. The summed E-state index contributed by atoms with van der Waals surface area (Å²) in [4.78, 5) is 3.53. The van der Waals surface area contributed by atoms with E-state index in [1.54, 1.807) is 0 Å². The standard InChI is InChI=1S/C12H15F3N2O/c13-12(14,15)10-9(1-4-17-11(10)16)7-8-2-5-18-6-3-8/h1,4,8H,2-3,5-7H2,(H2,16,17). The van der Waals surface area contributed by atoms with Crippen molar-refractivity contribution in [1.82, 2.24) is 4.98 Å². The highest BCUT2D eigenvalue weighted by molar-refractivity contribution is 5.46. The van der Waals surface area contributed by atoms with Crippen molar-refractivity contribution < 1.29 is 17.9 Å². The number of anilines is 1. The number of nitrogens with two attached hydrogens (primary N) is 1. The van der Waals surface area contributed by atoms with E-state index < -0.39 is 17.6 Å². The van der Waals surface area contributed by atoms with Crippen LogP contribution in [0.25, 0.3) is 0 Å². The van der Waals surface area contributed by atoms with Crippen LogP contribution in [-0.2, 0) is 17.3 Å². The van der Waals surface area contributed by atoms with Gasteiger partial charge in [-0.3, -0.25) is 0 Å². The molecule has 0 unspecified atom stereocenters. The van der Waals surface area contributed by atoms with E-state index >= 15 is 0 Å². The van der Waals surface area contributed by atoms with Gasteiger partial charge < -0.3 is 10.5 Å². The number of alkyl halides is 3. The molecule has 0 saturated carbocycles. The van der Waals surface area contributed by atoms with Crippen LogP contribution in [0.4, 0.5) is 19.0 Å². The number of hydrogen-bond donors (Lipinski definition) is 1. The van der Waals surface area contributed by atoms with E-state index in [9.17, 15) is 13.2 Å². The second kappa shape index (κ2) is 5.14. The van der Waals surface area contributed by atoms with Crippen molar-refractivity contribution in [3.63, 3.8) is 0 Å². The summed E-state index contributed by atoms with van der Waals surface area (Å²) < 4.78 is 44.0. The molecule has 1 aliphatic heterocycles. The minimum atomic E-state index is -4.45. The van der Waals surface area contributed by atoms with E-state index in [1.165, 1.54) is 12.3 Å². The first-order chi connectivity index (χ1) is 8.48. The Morgan fingerprint density at radius 3 is 2.61 bits per heavy atom. The fourth-order valence-corrected chi connectivity index (χ4v) is 2.28. The predicted molar refractivity (Wildman–Crippen MR) is 60.9 cm³/mol. The van der Waals surface area contributed by atoms with Crippen molar-refractivity contribution >= 4 is 5.82 Å². The largest absolute Gasteiger partial charge is 0.420 e. The van der Waals surface area contributed by atoms with Crippen molar-refractivity contribution in [3.05, 3.63) is 23.4 Å². The molecule has 2 heterocycles. The number of ether oxygens (including phenoxy) is 1. The van der Waals surface area contributed by atoms with Crippen LogP contribution in [-0.4, -0.2) is 18.2 Å². The van der Waals surface area contributed by atoms with Gasteiger partial charge in [-0.05, 0) is 36.8 Å². The molecular weight excluding hydrogens is 245 g/mol. The van der Waals surface area contributed by atoms with E-state index in [-0.39, 0.29) is 11.5 Å². The molecule has 2 rings (SSSR count). The van der Waals surface area contributed by atoms with E-state index in [0.717, 1.165) is 12.8 Å². The molecule has 0 aromatic carbocycles. The number of pyridine rings is 1. The molecule has 0 aliphatic carbocycles. The van der Waals surface area contributed by atoms with Gasteiger partial charge in [-0.1, -0.05) is 0 Å². The molecule has 0 amide bonds. The smallest absolute Gasteiger partial charge is 0.383 e. The molecule has 3 nitrogen and oxygen atoms in total. The zero-order valence-corrected chi connectivity index (χ0v) is 9.83. The van der Waals surface area contributed by atoms with Crippen molar-refractivity contribution in [2.45, 2.75) is 25.4 Å². The molecule has 100 valence electrons. The van der Waals surface area contributed by atoms with Gasteiger partial charge in [0.15, 0.2) is 0 Å². The predicted octanol–water partition coefficient (Wildman–Crippen LogP) is 2.65. The molecular formula is C12H15F3N2O. The van der Waals surface area contributed by atoms with Crippen molar-refractivity contribution in [1.29, 1.82) is 0 Å². The molecule has 18 heavy (non-hydrogen) atoms. The second-order valence-corrected chi connectivity index (χ2v) is 4.49. The normalized spacial score (nSPS) is 17.9. The highest BCUT2D eigenvalue weighted by Gasteiger charge is 2.36. The molecule has 0 radical (unpaired) electrons. The summed E-state index contributed by atoms with van der Waals surface area (Å²) in [6.07, 6.45) is -1.15. The average molecular weight is 260 g/mol. The van der Waals surface area contributed by atoms with Crippen molar-refractivity contribution in [3.8, 4) is 0 Å². The fourth-order valence-electron chi connectivity index (χ4n) is 2.28. The highest BCUT2D eigenvalue weighted by atomic mass is 19.4. The maximum Gasteiger partial charge on any atom is 0.420 e. The third-order valence-electron chi connectivity index (χ3n) is 3.20. The van der Waals surface area contributed by atoms with Gasteiger partial charge in [0.25, 0.3) is 0 Å². The summed E-state index contributed by atoms with van der Waals surface area (Å²) in [7, 11) is 0. The van der Waals surface area contributed by atoms with Crippen LogP contribution in [0.15, 0.2) is 12.3 Å². The summed E-state index contributed by atoms with van der Waals surface area (Å²) in [5, 5.41) is 0. The third-order valence-corrected chi connectivity index (χ3v) is 3.20. The number of nitrogens with zero attached hydrogens (tertiary/aromatic N) is 1. The van der Waals surface area contributed by atoms with Gasteiger partial charge in [-0.2, -0.15) is 13.2 Å². The molecule has 1 fully saturated rings. The molecule has 1 saturated heterocycles. The van der Waals surface area contributed by atoms with Gasteiger partial charge in [0.1, 0.15) is 11.4 Å². The summed E-state index contributed by atoms with van der Waals surface area (Å²) in [5.41, 5.74) is 4.81. The Bertz CT molecular complexity index is 414. The number of halogens is 3. The Kier molecular flexibility index (Phi) is 3.75. The van der Waals surface area contributed by atoms with Crippen molar-refractivity contribution in [2.24, 2.45) is 5.92 Å². The Labute approximate surface area is 103 Å². The minimum Gasteiger partial charge on any atom is -0.383 e. The SMILES string of the molecule is Nc1nccc(CC2CCOCC2)c1C(F)(F)F. The monoisotopic (exact) mass is 260 g/mol. The van der Waals surface area contributed by atoms with Crippen LogP contribution >= 0.6 is 0 Å². The van der Waals surface area contributed by atoms with Gasteiger partial charge >= 0.3 is 6.18 Å². The van der Waals surface area contributed by atoms with Crippen LogP contribution in [0.1, 0.15) is 24.0 Å². The lowest BCUT2D eigenvalue weighted by atomic mass is 9.90. The highest BCUT2D eigenvalue weighted by Crippen LogP contribution is 2.36. The van der Waals surface area contributed by atoms with E-state index in [0.29, 0.717) is 19.6 Å². The lowest BCUT2D eigenvalue weighted by molar-refractivity contribution is -0.137.